The van der Waals surface area contributed by atoms with Crippen LogP contribution in [0.2, 0.25) is 0 Å². The first-order valence-corrected chi connectivity index (χ1v) is 8.75. The van der Waals surface area contributed by atoms with Gasteiger partial charge in [-0.3, -0.25) is 4.99 Å². The van der Waals surface area contributed by atoms with Gasteiger partial charge in [-0.25, -0.2) is 8.78 Å². The average molecular weight is 482 g/mol. The second-order valence-electron chi connectivity index (χ2n) is 6.53. The Morgan fingerprint density at radius 2 is 1.88 bits per heavy atom. The minimum atomic E-state index is -0.556. The number of nitrogens with one attached hydrogen (secondary N) is 1. The predicted octanol–water partition coefficient (Wildman–Crippen LogP) is 2.61. The number of nitrogens with zero attached hydrogens (tertiary/aromatic N) is 3. The molecule has 0 bridgehead atoms. The van der Waals surface area contributed by atoms with E-state index in [1.807, 2.05) is 6.92 Å². The van der Waals surface area contributed by atoms with Crippen LogP contribution < -0.4 is 5.32 Å². The Morgan fingerprint density at radius 3 is 2.38 bits per heavy atom. The molecule has 26 heavy (non-hydrogen) atoms. The highest BCUT2D eigenvalue weighted by atomic mass is 127. The summed E-state index contributed by atoms with van der Waals surface area (Å²) in [5.74, 6) is -0.391. The van der Waals surface area contributed by atoms with Crippen molar-refractivity contribution in [3.63, 3.8) is 0 Å². The number of aliphatic hydroxyl groups excluding tert-OH is 1. The normalized spacial score (nSPS) is 17.2. The summed E-state index contributed by atoms with van der Waals surface area (Å²) in [6, 6.07) is 3.42. The van der Waals surface area contributed by atoms with Crippen molar-refractivity contribution >= 4 is 29.9 Å². The molecule has 1 aromatic carbocycles. The fourth-order valence-electron chi connectivity index (χ4n) is 3.02. The van der Waals surface area contributed by atoms with Gasteiger partial charge >= 0.3 is 0 Å². The molecule has 0 spiro atoms. The third kappa shape index (κ3) is 6.02. The average Bonchev–Trinajstić information content (AvgIpc) is 2.57. The van der Waals surface area contributed by atoms with Crippen molar-refractivity contribution in [2.45, 2.75) is 31.9 Å². The molecule has 5 nitrogen and oxygen atoms in total. The lowest BCUT2D eigenvalue weighted by Crippen LogP contribution is -2.47. The maximum atomic E-state index is 14.2. The number of likely N-dealkylation sites (tertiary alicyclic amines) is 1. The minimum Gasteiger partial charge on any atom is -0.393 e. The van der Waals surface area contributed by atoms with Crippen LogP contribution >= 0.6 is 24.0 Å². The van der Waals surface area contributed by atoms with Gasteiger partial charge in [-0.1, -0.05) is 6.07 Å². The van der Waals surface area contributed by atoms with Gasteiger partial charge in [0, 0.05) is 25.2 Å². The third-order valence-corrected chi connectivity index (χ3v) is 4.47. The molecule has 1 aromatic rings. The van der Waals surface area contributed by atoms with E-state index in [1.165, 1.54) is 18.2 Å². The molecule has 1 heterocycles. The number of likely N-dealkylation sites (N-methyl/N-ethyl adjacent to an activating group) is 1. The Kier molecular flexibility index (Phi) is 9.73. The highest BCUT2D eigenvalue weighted by Crippen LogP contribution is 2.25. The summed E-state index contributed by atoms with van der Waals surface area (Å²) in [7, 11) is 3.58. The van der Waals surface area contributed by atoms with Gasteiger partial charge in [0.1, 0.15) is 11.6 Å². The number of halogens is 3. The fraction of sp³-hybridized carbons (Fsp3) is 0.611. The number of aliphatic imine (C=N–C) groups is 1. The number of hydrogen-bond acceptors (Lipinski definition) is 3. The van der Waals surface area contributed by atoms with Crippen molar-refractivity contribution in [3.8, 4) is 0 Å². The topological polar surface area (TPSA) is 51.1 Å². The zero-order valence-corrected chi connectivity index (χ0v) is 17.9. The molecule has 0 amide bonds. The molecule has 2 rings (SSSR count). The van der Waals surface area contributed by atoms with E-state index in [4.69, 9.17) is 0 Å². The second kappa shape index (κ2) is 11.0. The van der Waals surface area contributed by atoms with Crippen molar-refractivity contribution in [3.05, 3.63) is 35.4 Å². The Morgan fingerprint density at radius 1 is 1.31 bits per heavy atom. The molecule has 148 valence electrons. The minimum absolute atomic E-state index is 0. The van der Waals surface area contributed by atoms with Crippen LogP contribution in [0.15, 0.2) is 23.2 Å². The van der Waals surface area contributed by atoms with Crippen molar-refractivity contribution in [2.75, 3.05) is 40.3 Å². The molecule has 1 atom stereocenters. The molecule has 0 aliphatic carbocycles. The van der Waals surface area contributed by atoms with Crippen LogP contribution in [0.4, 0.5) is 8.78 Å². The molecule has 0 radical (unpaired) electrons. The zero-order chi connectivity index (χ0) is 18.4. The quantitative estimate of drug-likeness (QED) is 0.385. The second-order valence-corrected chi connectivity index (χ2v) is 6.53. The van der Waals surface area contributed by atoms with Gasteiger partial charge in [-0.15, -0.1) is 24.0 Å². The predicted molar refractivity (Wildman–Crippen MR) is 111 cm³/mol. The van der Waals surface area contributed by atoms with Crippen LogP contribution in [-0.4, -0.2) is 67.2 Å². The maximum absolute atomic E-state index is 14.2. The van der Waals surface area contributed by atoms with E-state index in [9.17, 15) is 13.9 Å². The molecule has 1 aliphatic rings. The molecule has 1 aliphatic heterocycles. The van der Waals surface area contributed by atoms with Crippen LogP contribution in [-0.2, 0) is 0 Å². The van der Waals surface area contributed by atoms with Gasteiger partial charge in [-0.05, 0) is 46.0 Å². The monoisotopic (exact) mass is 482 g/mol. The molecule has 1 fully saturated rings. The Hall–Kier alpha value is -1.00. The van der Waals surface area contributed by atoms with Crippen molar-refractivity contribution in [1.82, 2.24) is 15.1 Å². The molecular formula is C18H29F2IN4O. The third-order valence-electron chi connectivity index (χ3n) is 4.47. The summed E-state index contributed by atoms with van der Waals surface area (Å²) in [4.78, 5) is 8.47. The van der Waals surface area contributed by atoms with Gasteiger partial charge in [0.2, 0.25) is 0 Å². The lowest BCUT2D eigenvalue weighted by Gasteiger charge is -2.33. The summed E-state index contributed by atoms with van der Waals surface area (Å²) in [5, 5.41) is 12.9. The number of benzene rings is 1. The van der Waals surface area contributed by atoms with E-state index in [2.05, 4.69) is 15.2 Å². The van der Waals surface area contributed by atoms with E-state index in [0.717, 1.165) is 5.96 Å². The Bertz CT molecular complexity index is 572. The zero-order valence-electron chi connectivity index (χ0n) is 15.6. The van der Waals surface area contributed by atoms with Crippen molar-refractivity contribution in [1.29, 1.82) is 0 Å². The maximum Gasteiger partial charge on any atom is 0.193 e. The number of hydrogen-bond donors (Lipinski definition) is 2. The molecule has 0 saturated carbocycles. The number of aliphatic hydroxyl groups is 1. The largest absolute Gasteiger partial charge is 0.393 e. The summed E-state index contributed by atoms with van der Waals surface area (Å²) in [5.41, 5.74) is 0.0427. The molecule has 2 N–H and O–H groups in total. The van der Waals surface area contributed by atoms with E-state index in [1.54, 1.807) is 19.0 Å². The van der Waals surface area contributed by atoms with Crippen molar-refractivity contribution < 1.29 is 13.9 Å². The first kappa shape index (κ1) is 23.0. The summed E-state index contributed by atoms with van der Waals surface area (Å²) in [6.45, 7) is 4.36. The van der Waals surface area contributed by atoms with Crippen LogP contribution in [0.25, 0.3) is 0 Å². The smallest absolute Gasteiger partial charge is 0.193 e. The molecule has 0 aromatic heterocycles. The van der Waals surface area contributed by atoms with Crippen LogP contribution in [0.5, 0.6) is 0 Å². The van der Waals surface area contributed by atoms with E-state index < -0.39 is 17.7 Å². The van der Waals surface area contributed by atoms with Gasteiger partial charge in [-0.2, -0.15) is 0 Å². The standard InChI is InChI=1S/C18H28F2N4O.HI/c1-4-21-18(24-10-8-13(25)9-11-24)22-12-16(23(2)3)17-14(19)6-5-7-15(17)20;/h5-7,13,16,25H,4,8-12H2,1-3H3,(H,21,22);1H. The molecular weight excluding hydrogens is 453 g/mol. The lowest BCUT2D eigenvalue weighted by molar-refractivity contribution is 0.108. The van der Waals surface area contributed by atoms with Gasteiger partial charge < -0.3 is 20.2 Å². The lowest BCUT2D eigenvalue weighted by atomic mass is 10.0. The van der Waals surface area contributed by atoms with E-state index in [-0.39, 0.29) is 42.2 Å². The molecule has 8 heteroatoms. The van der Waals surface area contributed by atoms with E-state index >= 15 is 0 Å². The number of rotatable bonds is 5. The number of piperidine rings is 1. The first-order chi connectivity index (χ1) is 11.9. The molecule has 1 saturated heterocycles. The first-order valence-electron chi connectivity index (χ1n) is 8.75. The number of guanidine groups is 1. The fourth-order valence-corrected chi connectivity index (χ4v) is 3.02. The van der Waals surface area contributed by atoms with E-state index in [0.29, 0.717) is 32.5 Å². The summed E-state index contributed by atoms with van der Waals surface area (Å²) in [6.07, 6.45) is 1.13. The van der Waals surface area contributed by atoms with Gasteiger partial charge in [0.15, 0.2) is 5.96 Å². The van der Waals surface area contributed by atoms with Crippen LogP contribution in [0.3, 0.4) is 0 Å². The highest BCUT2D eigenvalue weighted by Gasteiger charge is 2.24. The van der Waals surface area contributed by atoms with Gasteiger partial charge in [0.05, 0.1) is 18.7 Å². The Labute approximate surface area is 171 Å². The summed E-state index contributed by atoms with van der Waals surface area (Å²) < 4.78 is 28.3. The Balaban J connectivity index is 0.00000338. The van der Waals surface area contributed by atoms with Crippen LogP contribution in [0.1, 0.15) is 31.4 Å². The highest BCUT2D eigenvalue weighted by molar-refractivity contribution is 14.0. The van der Waals surface area contributed by atoms with Gasteiger partial charge in [0.25, 0.3) is 0 Å². The van der Waals surface area contributed by atoms with Crippen LogP contribution in [0, 0.1) is 11.6 Å². The SMILES string of the molecule is CCNC(=NCC(c1c(F)cccc1F)N(C)C)N1CCC(O)CC1.I. The summed E-state index contributed by atoms with van der Waals surface area (Å²) >= 11 is 0. The molecule has 1 unspecified atom stereocenters. The van der Waals surface area contributed by atoms with Crippen molar-refractivity contribution in [2.24, 2.45) is 4.99 Å².